The van der Waals surface area contributed by atoms with E-state index >= 15 is 0 Å². The standard InChI is InChI=1S/C15H14ClFN2O3/c1-3-21-14-12(15(20)22-4-2)18-13(16)11(19-14)9-5-7-10(17)8-6-9/h5-8H,3-4H2,1-2H3. The van der Waals surface area contributed by atoms with Crippen LogP contribution in [-0.2, 0) is 4.74 Å². The van der Waals surface area contributed by atoms with Crippen LogP contribution in [-0.4, -0.2) is 29.2 Å². The highest BCUT2D eigenvalue weighted by atomic mass is 35.5. The number of hydrogen-bond donors (Lipinski definition) is 0. The van der Waals surface area contributed by atoms with E-state index in [2.05, 4.69) is 9.97 Å². The van der Waals surface area contributed by atoms with Crippen LogP contribution in [0, 0.1) is 5.82 Å². The maximum absolute atomic E-state index is 13.0. The number of esters is 1. The van der Waals surface area contributed by atoms with Crippen molar-refractivity contribution in [1.29, 1.82) is 0 Å². The van der Waals surface area contributed by atoms with Crippen molar-refractivity contribution in [1.82, 2.24) is 9.97 Å². The third-order valence-corrected chi connectivity index (χ3v) is 2.95. The highest BCUT2D eigenvalue weighted by Gasteiger charge is 2.21. The van der Waals surface area contributed by atoms with Crippen LogP contribution >= 0.6 is 11.6 Å². The largest absolute Gasteiger partial charge is 0.476 e. The van der Waals surface area contributed by atoms with Gasteiger partial charge in [-0.3, -0.25) is 0 Å². The molecule has 7 heteroatoms. The SMILES string of the molecule is CCOC(=O)c1nc(Cl)c(-c2ccc(F)cc2)nc1OCC. The number of benzene rings is 1. The zero-order chi connectivity index (χ0) is 16.1. The smallest absolute Gasteiger partial charge is 0.362 e. The second-order valence-electron chi connectivity index (χ2n) is 4.18. The first-order valence-electron chi connectivity index (χ1n) is 6.70. The Morgan fingerprint density at radius 3 is 2.45 bits per heavy atom. The van der Waals surface area contributed by atoms with Crippen LogP contribution in [0.25, 0.3) is 11.3 Å². The molecule has 0 aliphatic rings. The quantitative estimate of drug-likeness (QED) is 0.788. The van der Waals surface area contributed by atoms with Gasteiger partial charge in [0.2, 0.25) is 11.6 Å². The van der Waals surface area contributed by atoms with E-state index in [0.717, 1.165) is 0 Å². The lowest BCUT2D eigenvalue weighted by Crippen LogP contribution is -2.12. The van der Waals surface area contributed by atoms with E-state index in [1.807, 2.05) is 0 Å². The van der Waals surface area contributed by atoms with Crippen LogP contribution in [0.3, 0.4) is 0 Å². The molecule has 1 aromatic carbocycles. The van der Waals surface area contributed by atoms with E-state index in [4.69, 9.17) is 21.1 Å². The Kier molecular flexibility index (Phi) is 5.27. The monoisotopic (exact) mass is 324 g/mol. The Balaban J connectivity index is 2.51. The average Bonchev–Trinajstić information content (AvgIpc) is 2.50. The van der Waals surface area contributed by atoms with E-state index < -0.39 is 5.97 Å². The lowest BCUT2D eigenvalue weighted by Gasteiger charge is -2.11. The average molecular weight is 325 g/mol. The van der Waals surface area contributed by atoms with Crippen molar-refractivity contribution in [3.63, 3.8) is 0 Å². The molecule has 0 radical (unpaired) electrons. The summed E-state index contributed by atoms with van der Waals surface area (Å²) in [5, 5.41) is 0.0121. The number of carbonyl (C=O) groups excluding carboxylic acids is 1. The molecule has 0 fully saturated rings. The van der Waals surface area contributed by atoms with Gasteiger partial charge in [-0.05, 0) is 38.1 Å². The number of rotatable bonds is 5. The third-order valence-electron chi connectivity index (χ3n) is 2.69. The molecule has 1 aromatic heterocycles. The summed E-state index contributed by atoms with van der Waals surface area (Å²) in [4.78, 5) is 20.1. The fourth-order valence-corrected chi connectivity index (χ4v) is 2.00. The van der Waals surface area contributed by atoms with E-state index in [1.165, 1.54) is 24.3 Å². The molecule has 2 aromatic rings. The molecule has 0 unspecified atom stereocenters. The summed E-state index contributed by atoms with van der Waals surface area (Å²) in [5.41, 5.74) is 0.785. The van der Waals surface area contributed by atoms with E-state index in [-0.39, 0.29) is 29.2 Å². The Hall–Kier alpha value is -2.21. The van der Waals surface area contributed by atoms with Crippen molar-refractivity contribution in [2.24, 2.45) is 0 Å². The molecule has 0 bridgehead atoms. The number of ether oxygens (including phenoxy) is 2. The van der Waals surface area contributed by atoms with Crippen LogP contribution in [0.5, 0.6) is 5.88 Å². The molecule has 1 heterocycles. The number of halogens is 2. The zero-order valence-corrected chi connectivity index (χ0v) is 12.9. The number of hydrogen-bond acceptors (Lipinski definition) is 5. The summed E-state index contributed by atoms with van der Waals surface area (Å²) in [7, 11) is 0. The Bertz CT molecular complexity index is 677. The molecule has 5 nitrogen and oxygen atoms in total. The van der Waals surface area contributed by atoms with Crippen LogP contribution < -0.4 is 4.74 Å². The van der Waals surface area contributed by atoms with Crippen molar-refractivity contribution in [2.75, 3.05) is 13.2 Å². The molecule has 0 amide bonds. The first-order valence-corrected chi connectivity index (χ1v) is 7.08. The van der Waals surface area contributed by atoms with Gasteiger partial charge in [-0.15, -0.1) is 0 Å². The third kappa shape index (κ3) is 3.51. The van der Waals surface area contributed by atoms with Crippen molar-refractivity contribution < 1.29 is 18.7 Å². The second kappa shape index (κ2) is 7.17. The number of nitrogens with zero attached hydrogens (tertiary/aromatic N) is 2. The van der Waals surface area contributed by atoms with Gasteiger partial charge in [-0.1, -0.05) is 11.6 Å². The first-order chi connectivity index (χ1) is 10.6. The number of aromatic nitrogens is 2. The molecule has 0 aliphatic heterocycles. The Morgan fingerprint density at radius 2 is 1.86 bits per heavy atom. The maximum atomic E-state index is 13.0. The molecule has 116 valence electrons. The van der Waals surface area contributed by atoms with Crippen LogP contribution in [0.2, 0.25) is 5.15 Å². The molecule has 0 atom stereocenters. The first kappa shape index (κ1) is 16.2. The van der Waals surface area contributed by atoms with Gasteiger partial charge in [0, 0.05) is 5.56 Å². The van der Waals surface area contributed by atoms with E-state index in [9.17, 15) is 9.18 Å². The molecular formula is C15H14ClFN2O3. The van der Waals surface area contributed by atoms with Gasteiger partial charge in [-0.25, -0.2) is 19.2 Å². The lowest BCUT2D eigenvalue weighted by molar-refractivity contribution is 0.0513. The molecule has 0 spiro atoms. The lowest BCUT2D eigenvalue weighted by atomic mass is 10.1. The topological polar surface area (TPSA) is 61.3 Å². The van der Waals surface area contributed by atoms with Crippen molar-refractivity contribution in [3.8, 4) is 17.1 Å². The fraction of sp³-hybridized carbons (Fsp3) is 0.267. The summed E-state index contributed by atoms with van der Waals surface area (Å²) in [6.07, 6.45) is 0. The summed E-state index contributed by atoms with van der Waals surface area (Å²) in [6, 6.07) is 5.61. The molecule has 2 rings (SSSR count). The van der Waals surface area contributed by atoms with Crippen molar-refractivity contribution in [3.05, 3.63) is 40.9 Å². The van der Waals surface area contributed by atoms with Crippen molar-refractivity contribution >= 4 is 17.6 Å². The molecule has 22 heavy (non-hydrogen) atoms. The maximum Gasteiger partial charge on any atom is 0.362 e. The molecule has 0 N–H and O–H groups in total. The van der Waals surface area contributed by atoms with E-state index in [0.29, 0.717) is 17.9 Å². The zero-order valence-electron chi connectivity index (χ0n) is 12.1. The fourth-order valence-electron chi connectivity index (χ4n) is 1.76. The van der Waals surface area contributed by atoms with Gasteiger partial charge in [0.25, 0.3) is 0 Å². The highest BCUT2D eigenvalue weighted by molar-refractivity contribution is 6.32. The Labute approximate surface area is 132 Å². The van der Waals surface area contributed by atoms with Crippen LogP contribution in [0.15, 0.2) is 24.3 Å². The van der Waals surface area contributed by atoms with Gasteiger partial charge in [0.05, 0.1) is 13.2 Å². The number of carbonyl (C=O) groups is 1. The van der Waals surface area contributed by atoms with Gasteiger partial charge >= 0.3 is 5.97 Å². The predicted octanol–water partition coefficient (Wildman–Crippen LogP) is 3.51. The molecule has 0 saturated heterocycles. The Morgan fingerprint density at radius 1 is 1.18 bits per heavy atom. The van der Waals surface area contributed by atoms with Crippen LogP contribution in [0.1, 0.15) is 24.3 Å². The van der Waals surface area contributed by atoms with Gasteiger partial charge < -0.3 is 9.47 Å². The summed E-state index contributed by atoms with van der Waals surface area (Å²) < 4.78 is 23.2. The van der Waals surface area contributed by atoms with Gasteiger partial charge in [-0.2, -0.15) is 0 Å². The van der Waals surface area contributed by atoms with Gasteiger partial charge in [0.15, 0.2) is 5.15 Å². The molecular weight excluding hydrogens is 311 g/mol. The minimum atomic E-state index is -0.661. The minimum absolute atomic E-state index is 0.0121. The van der Waals surface area contributed by atoms with Crippen molar-refractivity contribution in [2.45, 2.75) is 13.8 Å². The predicted molar refractivity (Wildman–Crippen MR) is 79.6 cm³/mol. The second-order valence-corrected chi connectivity index (χ2v) is 4.54. The highest BCUT2D eigenvalue weighted by Crippen LogP contribution is 2.29. The summed E-state index contributed by atoms with van der Waals surface area (Å²) in [5.74, 6) is -1.00. The van der Waals surface area contributed by atoms with E-state index in [1.54, 1.807) is 13.8 Å². The van der Waals surface area contributed by atoms with Crippen LogP contribution in [0.4, 0.5) is 4.39 Å². The van der Waals surface area contributed by atoms with Gasteiger partial charge in [0.1, 0.15) is 11.5 Å². The molecule has 0 aliphatic carbocycles. The molecule has 0 saturated carbocycles. The summed E-state index contributed by atoms with van der Waals surface area (Å²) >= 11 is 6.09. The summed E-state index contributed by atoms with van der Waals surface area (Å²) in [6.45, 7) is 3.93. The minimum Gasteiger partial charge on any atom is -0.476 e. The normalized spacial score (nSPS) is 10.4.